The summed E-state index contributed by atoms with van der Waals surface area (Å²) in [5.74, 6) is 1.71. The van der Waals surface area contributed by atoms with Crippen LogP contribution in [0.15, 0.2) is 10.5 Å². The van der Waals surface area contributed by atoms with Gasteiger partial charge in [-0.1, -0.05) is 0 Å². The van der Waals surface area contributed by atoms with Crippen molar-refractivity contribution in [1.29, 1.82) is 0 Å². The summed E-state index contributed by atoms with van der Waals surface area (Å²) in [6.45, 7) is 5.72. The van der Waals surface area contributed by atoms with Gasteiger partial charge in [-0.05, 0) is 45.7 Å². The zero-order valence-electron chi connectivity index (χ0n) is 11.0. The molecule has 0 radical (unpaired) electrons. The first-order chi connectivity index (χ1) is 8.66. The minimum atomic E-state index is 0.153. The fraction of sp³-hybridized carbons (Fsp3) is 0.643. The van der Waals surface area contributed by atoms with Crippen molar-refractivity contribution in [2.75, 3.05) is 13.1 Å². The fourth-order valence-corrected chi connectivity index (χ4v) is 3.30. The third-order valence-electron chi connectivity index (χ3n) is 4.16. The molecule has 2 fully saturated rings. The Morgan fingerprint density at radius 3 is 2.83 bits per heavy atom. The maximum atomic E-state index is 12.7. The van der Waals surface area contributed by atoms with Crippen LogP contribution in [0.1, 0.15) is 41.1 Å². The first kappa shape index (κ1) is 11.8. The normalized spacial score (nSPS) is 27.3. The zero-order valence-corrected chi connectivity index (χ0v) is 11.0. The van der Waals surface area contributed by atoms with Crippen molar-refractivity contribution >= 4 is 5.91 Å². The Hall–Kier alpha value is -1.29. The molecule has 0 aromatic carbocycles. The standard InChI is InChI=1S/C14H20N2O2/c1-9-7-13(10(2)18-9)14(17)16-11-3-4-12(16)8-15-6-5-11/h7,11-12,15H,3-6,8H2,1-2H3. The van der Waals surface area contributed by atoms with E-state index in [1.54, 1.807) is 0 Å². The first-order valence-electron chi connectivity index (χ1n) is 6.77. The number of rotatable bonds is 1. The molecule has 1 amide bonds. The van der Waals surface area contributed by atoms with Crippen molar-refractivity contribution < 1.29 is 9.21 Å². The van der Waals surface area contributed by atoms with Gasteiger partial charge in [0.1, 0.15) is 11.5 Å². The van der Waals surface area contributed by atoms with E-state index in [-0.39, 0.29) is 5.91 Å². The van der Waals surface area contributed by atoms with E-state index >= 15 is 0 Å². The van der Waals surface area contributed by atoms with Crippen LogP contribution in [0.4, 0.5) is 0 Å². The van der Waals surface area contributed by atoms with Crippen molar-refractivity contribution in [2.45, 2.75) is 45.2 Å². The molecule has 1 aromatic heterocycles. The molecule has 0 aliphatic carbocycles. The minimum Gasteiger partial charge on any atom is -0.466 e. The second kappa shape index (κ2) is 4.43. The number of aryl methyl sites for hydroxylation is 2. The van der Waals surface area contributed by atoms with Crippen molar-refractivity contribution in [2.24, 2.45) is 0 Å². The summed E-state index contributed by atoms with van der Waals surface area (Å²) >= 11 is 0. The van der Waals surface area contributed by atoms with Crippen LogP contribution in [0.5, 0.6) is 0 Å². The van der Waals surface area contributed by atoms with Crippen molar-refractivity contribution in [3.8, 4) is 0 Å². The van der Waals surface area contributed by atoms with Crippen LogP contribution < -0.4 is 5.32 Å². The molecule has 98 valence electrons. The molecule has 4 nitrogen and oxygen atoms in total. The summed E-state index contributed by atoms with van der Waals surface area (Å²) in [6.07, 6.45) is 3.34. The van der Waals surface area contributed by atoms with E-state index in [0.29, 0.717) is 12.1 Å². The number of carbonyl (C=O) groups excluding carboxylic acids is 1. The number of hydrogen-bond donors (Lipinski definition) is 1. The summed E-state index contributed by atoms with van der Waals surface area (Å²) in [5, 5.41) is 3.42. The molecule has 2 atom stereocenters. The van der Waals surface area contributed by atoms with Gasteiger partial charge in [0.2, 0.25) is 0 Å². The van der Waals surface area contributed by atoms with E-state index in [1.807, 2.05) is 19.9 Å². The van der Waals surface area contributed by atoms with Gasteiger partial charge in [0.25, 0.3) is 5.91 Å². The quantitative estimate of drug-likeness (QED) is 0.825. The van der Waals surface area contributed by atoms with Crippen LogP contribution in [0, 0.1) is 13.8 Å². The van der Waals surface area contributed by atoms with Gasteiger partial charge < -0.3 is 14.6 Å². The van der Waals surface area contributed by atoms with Gasteiger partial charge >= 0.3 is 0 Å². The molecule has 2 aliphatic heterocycles. The molecule has 0 saturated carbocycles. The van der Waals surface area contributed by atoms with Gasteiger partial charge in [-0.3, -0.25) is 4.79 Å². The van der Waals surface area contributed by atoms with Crippen molar-refractivity contribution in [1.82, 2.24) is 10.2 Å². The lowest BCUT2D eigenvalue weighted by molar-refractivity contribution is 0.0678. The lowest BCUT2D eigenvalue weighted by atomic mass is 10.1. The van der Waals surface area contributed by atoms with Crippen molar-refractivity contribution in [3.05, 3.63) is 23.2 Å². The SMILES string of the molecule is Cc1cc(C(=O)N2C3CCNCC2CC3)c(C)o1. The molecule has 2 bridgehead atoms. The van der Waals surface area contributed by atoms with Crippen LogP contribution >= 0.6 is 0 Å². The van der Waals surface area contributed by atoms with Crippen LogP contribution in [-0.4, -0.2) is 36.0 Å². The van der Waals surface area contributed by atoms with E-state index in [1.165, 1.54) is 0 Å². The van der Waals surface area contributed by atoms with Crippen LogP contribution in [0.3, 0.4) is 0 Å². The third kappa shape index (κ3) is 1.85. The molecule has 1 aromatic rings. The minimum absolute atomic E-state index is 0.153. The average Bonchev–Trinajstić information content (AvgIpc) is 2.76. The number of hydrogen-bond acceptors (Lipinski definition) is 3. The van der Waals surface area contributed by atoms with E-state index < -0.39 is 0 Å². The molecular weight excluding hydrogens is 228 g/mol. The molecule has 2 unspecified atom stereocenters. The number of nitrogens with zero attached hydrogens (tertiary/aromatic N) is 1. The van der Waals surface area contributed by atoms with E-state index in [9.17, 15) is 4.79 Å². The Balaban J connectivity index is 1.90. The second-order valence-corrected chi connectivity index (χ2v) is 5.42. The van der Waals surface area contributed by atoms with Gasteiger partial charge in [-0.2, -0.15) is 0 Å². The van der Waals surface area contributed by atoms with Crippen LogP contribution in [-0.2, 0) is 0 Å². The Morgan fingerprint density at radius 1 is 1.33 bits per heavy atom. The molecule has 2 aliphatic rings. The highest BCUT2D eigenvalue weighted by atomic mass is 16.3. The lowest BCUT2D eigenvalue weighted by Crippen LogP contribution is -2.42. The average molecular weight is 248 g/mol. The van der Waals surface area contributed by atoms with E-state index in [0.717, 1.165) is 49.4 Å². The highest BCUT2D eigenvalue weighted by Crippen LogP contribution is 2.30. The number of carbonyl (C=O) groups is 1. The van der Waals surface area contributed by atoms with Crippen LogP contribution in [0.25, 0.3) is 0 Å². The zero-order chi connectivity index (χ0) is 12.7. The Labute approximate surface area is 107 Å². The molecular formula is C14H20N2O2. The predicted octanol–water partition coefficient (Wildman–Crippen LogP) is 1.86. The lowest BCUT2D eigenvalue weighted by Gasteiger charge is -2.27. The maximum Gasteiger partial charge on any atom is 0.257 e. The Kier molecular flexibility index (Phi) is 2.90. The van der Waals surface area contributed by atoms with E-state index in [4.69, 9.17) is 4.42 Å². The largest absolute Gasteiger partial charge is 0.466 e. The Morgan fingerprint density at radius 2 is 2.11 bits per heavy atom. The summed E-state index contributed by atoms with van der Waals surface area (Å²) in [4.78, 5) is 14.8. The summed E-state index contributed by atoms with van der Waals surface area (Å²) in [5.41, 5.74) is 0.742. The van der Waals surface area contributed by atoms with Gasteiger partial charge in [0.15, 0.2) is 0 Å². The highest BCUT2D eigenvalue weighted by Gasteiger charge is 2.39. The van der Waals surface area contributed by atoms with E-state index in [2.05, 4.69) is 10.2 Å². The highest BCUT2D eigenvalue weighted by molar-refractivity contribution is 5.96. The number of fused-ring (bicyclic) bond motifs is 2. The molecule has 3 rings (SSSR count). The maximum absolute atomic E-state index is 12.7. The van der Waals surface area contributed by atoms with Gasteiger partial charge in [0.05, 0.1) is 5.56 Å². The third-order valence-corrected chi connectivity index (χ3v) is 4.16. The van der Waals surface area contributed by atoms with Gasteiger partial charge in [-0.25, -0.2) is 0 Å². The fourth-order valence-electron chi connectivity index (χ4n) is 3.30. The molecule has 1 N–H and O–H groups in total. The number of furan rings is 1. The van der Waals surface area contributed by atoms with Crippen LogP contribution in [0.2, 0.25) is 0 Å². The molecule has 4 heteroatoms. The molecule has 18 heavy (non-hydrogen) atoms. The summed E-state index contributed by atoms with van der Waals surface area (Å²) in [7, 11) is 0. The number of amides is 1. The molecule has 2 saturated heterocycles. The van der Waals surface area contributed by atoms with Gasteiger partial charge in [0, 0.05) is 18.6 Å². The predicted molar refractivity (Wildman–Crippen MR) is 68.6 cm³/mol. The molecule has 0 spiro atoms. The monoisotopic (exact) mass is 248 g/mol. The van der Waals surface area contributed by atoms with Gasteiger partial charge in [-0.15, -0.1) is 0 Å². The topological polar surface area (TPSA) is 45.5 Å². The van der Waals surface area contributed by atoms with Crippen molar-refractivity contribution in [3.63, 3.8) is 0 Å². The smallest absolute Gasteiger partial charge is 0.257 e. The Bertz CT molecular complexity index is 452. The first-order valence-corrected chi connectivity index (χ1v) is 6.77. The second-order valence-electron chi connectivity index (χ2n) is 5.42. The summed E-state index contributed by atoms with van der Waals surface area (Å²) in [6, 6.07) is 2.64. The number of nitrogens with one attached hydrogen (secondary N) is 1. The molecule has 3 heterocycles. The summed E-state index contributed by atoms with van der Waals surface area (Å²) < 4.78 is 5.49.